The molecule has 0 bridgehead atoms. The van der Waals surface area contributed by atoms with E-state index in [4.69, 9.17) is 9.47 Å². The third kappa shape index (κ3) is 3.88. The van der Waals surface area contributed by atoms with Crippen molar-refractivity contribution in [2.45, 2.75) is 18.9 Å². The molecule has 1 aliphatic rings. The van der Waals surface area contributed by atoms with Gasteiger partial charge in [-0.05, 0) is 23.8 Å². The molecular weight excluding hydrogens is 393 g/mol. The molecule has 6 nitrogen and oxygen atoms in total. The first-order valence-electron chi connectivity index (χ1n) is 9.11. The highest BCUT2D eigenvalue weighted by molar-refractivity contribution is 7.16. The molecule has 0 saturated heterocycles. The lowest BCUT2D eigenvalue weighted by Crippen LogP contribution is -2.22. The van der Waals surface area contributed by atoms with Gasteiger partial charge in [-0.15, -0.1) is 0 Å². The van der Waals surface area contributed by atoms with E-state index in [0.29, 0.717) is 29.3 Å². The lowest BCUT2D eigenvalue weighted by molar-refractivity contribution is -0.116. The van der Waals surface area contributed by atoms with Gasteiger partial charge in [-0.25, -0.2) is 9.37 Å². The van der Waals surface area contributed by atoms with Crippen LogP contribution in [0, 0.1) is 5.82 Å². The van der Waals surface area contributed by atoms with Crippen LogP contribution in [0.5, 0.6) is 11.5 Å². The van der Waals surface area contributed by atoms with E-state index in [0.717, 1.165) is 15.6 Å². The standard InChI is InChI=1S/C21H20FN3O3S/c1-23-21-25-20-19(29-21)14(10-18(26)24-20)12-7-8-16(17(9-12)27-2)28-11-13-5-3-4-6-15(13)22/h3-9,14H,10-11H2,1-2H3,(H,23,25)(H,24,26)/t14-/m1/s1. The lowest BCUT2D eigenvalue weighted by atomic mass is 9.91. The van der Waals surface area contributed by atoms with Crippen LogP contribution < -0.4 is 20.1 Å². The number of anilines is 2. The van der Waals surface area contributed by atoms with Crippen molar-refractivity contribution >= 4 is 28.2 Å². The lowest BCUT2D eigenvalue weighted by Gasteiger charge is -2.22. The van der Waals surface area contributed by atoms with Crippen molar-refractivity contribution in [1.82, 2.24) is 4.98 Å². The fraction of sp³-hybridized carbons (Fsp3) is 0.238. The van der Waals surface area contributed by atoms with Crippen molar-refractivity contribution in [3.05, 3.63) is 64.3 Å². The molecule has 1 amide bonds. The number of thiazole rings is 1. The summed E-state index contributed by atoms with van der Waals surface area (Å²) < 4.78 is 25.1. The number of carbonyl (C=O) groups excluding carboxylic acids is 1. The number of ether oxygens (including phenoxy) is 2. The van der Waals surface area contributed by atoms with Crippen LogP contribution in [0.15, 0.2) is 42.5 Å². The van der Waals surface area contributed by atoms with Crippen LogP contribution in [0.3, 0.4) is 0 Å². The van der Waals surface area contributed by atoms with Crippen molar-refractivity contribution < 1.29 is 18.7 Å². The van der Waals surface area contributed by atoms with Gasteiger partial charge in [0, 0.05) is 24.9 Å². The van der Waals surface area contributed by atoms with E-state index in [1.807, 2.05) is 12.1 Å². The third-order valence-electron chi connectivity index (χ3n) is 4.76. The summed E-state index contributed by atoms with van der Waals surface area (Å²) in [7, 11) is 3.35. The van der Waals surface area contributed by atoms with Crippen LogP contribution in [0.2, 0.25) is 0 Å². The van der Waals surface area contributed by atoms with Gasteiger partial charge in [-0.3, -0.25) is 4.79 Å². The number of nitrogens with zero attached hydrogens (tertiary/aromatic N) is 1. The van der Waals surface area contributed by atoms with E-state index >= 15 is 0 Å². The highest BCUT2D eigenvalue weighted by Gasteiger charge is 2.30. The second-order valence-corrected chi connectivity index (χ2v) is 7.61. The molecule has 29 heavy (non-hydrogen) atoms. The minimum absolute atomic E-state index is 0.0747. The maximum absolute atomic E-state index is 13.8. The molecule has 3 aromatic rings. The molecule has 0 aliphatic carbocycles. The maximum Gasteiger partial charge on any atom is 0.226 e. The Morgan fingerprint density at radius 3 is 2.86 bits per heavy atom. The molecule has 1 atom stereocenters. The number of methoxy groups -OCH3 is 1. The van der Waals surface area contributed by atoms with Crippen molar-refractivity contribution in [3.8, 4) is 11.5 Å². The van der Waals surface area contributed by atoms with Crippen molar-refractivity contribution in [2.24, 2.45) is 0 Å². The summed E-state index contributed by atoms with van der Waals surface area (Å²) in [5.41, 5.74) is 1.40. The average molecular weight is 413 g/mol. The number of hydrogen-bond donors (Lipinski definition) is 2. The third-order valence-corrected chi connectivity index (χ3v) is 5.95. The number of nitrogens with one attached hydrogen (secondary N) is 2. The molecule has 4 rings (SSSR count). The van der Waals surface area contributed by atoms with E-state index in [9.17, 15) is 9.18 Å². The van der Waals surface area contributed by atoms with Gasteiger partial charge < -0.3 is 20.1 Å². The largest absolute Gasteiger partial charge is 0.493 e. The molecule has 150 valence electrons. The minimum Gasteiger partial charge on any atom is -0.493 e. The Morgan fingerprint density at radius 1 is 1.28 bits per heavy atom. The zero-order chi connectivity index (χ0) is 20.4. The fourth-order valence-corrected chi connectivity index (χ4v) is 4.29. The van der Waals surface area contributed by atoms with Crippen LogP contribution in [0.4, 0.5) is 15.3 Å². The van der Waals surface area contributed by atoms with Crippen LogP contribution in [0.1, 0.15) is 28.3 Å². The summed E-state index contributed by atoms with van der Waals surface area (Å²) in [6, 6.07) is 12.1. The van der Waals surface area contributed by atoms with Gasteiger partial charge in [0.2, 0.25) is 5.91 Å². The molecule has 2 aromatic carbocycles. The number of benzene rings is 2. The van der Waals surface area contributed by atoms with Crippen molar-refractivity contribution in [2.75, 3.05) is 24.8 Å². The van der Waals surface area contributed by atoms with Gasteiger partial charge in [0.25, 0.3) is 0 Å². The summed E-state index contributed by atoms with van der Waals surface area (Å²) in [5, 5.41) is 6.60. The fourth-order valence-electron chi connectivity index (χ4n) is 3.29. The number of hydrogen-bond acceptors (Lipinski definition) is 6. The van der Waals surface area contributed by atoms with Gasteiger partial charge in [-0.1, -0.05) is 35.6 Å². The zero-order valence-electron chi connectivity index (χ0n) is 16.0. The monoisotopic (exact) mass is 413 g/mol. The van der Waals surface area contributed by atoms with Crippen LogP contribution in [-0.4, -0.2) is 25.0 Å². The van der Waals surface area contributed by atoms with Gasteiger partial charge in [0.1, 0.15) is 18.2 Å². The number of aromatic nitrogens is 1. The van der Waals surface area contributed by atoms with E-state index in [2.05, 4.69) is 15.6 Å². The predicted octanol–water partition coefficient (Wildman–Crippen LogP) is 4.39. The van der Waals surface area contributed by atoms with Crippen LogP contribution >= 0.6 is 11.3 Å². The number of rotatable bonds is 6. The molecule has 0 unspecified atom stereocenters. The first-order valence-corrected chi connectivity index (χ1v) is 9.93. The van der Waals surface area contributed by atoms with Crippen molar-refractivity contribution in [3.63, 3.8) is 0 Å². The Kier molecular flexibility index (Phi) is 5.35. The Labute approximate surface area is 171 Å². The summed E-state index contributed by atoms with van der Waals surface area (Å²) in [6.07, 6.45) is 0.330. The highest BCUT2D eigenvalue weighted by Crippen LogP contribution is 2.44. The SMILES string of the molecule is CNc1nc2c(s1)[C@@H](c1ccc(OCc3ccccc3F)c(OC)c1)CC(=O)N2. The molecule has 8 heteroatoms. The smallest absolute Gasteiger partial charge is 0.226 e. The molecular formula is C21H20FN3O3S. The Hall–Kier alpha value is -3.13. The summed E-state index contributed by atoms with van der Waals surface area (Å²) in [5.74, 6) is 1.14. The number of halogens is 1. The van der Waals surface area contributed by atoms with Gasteiger partial charge in [0.05, 0.1) is 12.0 Å². The minimum atomic E-state index is -0.311. The Balaban J connectivity index is 1.61. The Bertz CT molecular complexity index is 1050. The first kappa shape index (κ1) is 19.2. The molecule has 0 spiro atoms. The molecule has 1 aliphatic heterocycles. The summed E-state index contributed by atoms with van der Waals surface area (Å²) in [6.45, 7) is 0.0960. The quantitative estimate of drug-likeness (QED) is 0.627. The highest BCUT2D eigenvalue weighted by atomic mass is 32.1. The van der Waals surface area contributed by atoms with Gasteiger partial charge >= 0.3 is 0 Å². The first-order chi connectivity index (χ1) is 14.1. The molecule has 0 radical (unpaired) electrons. The number of carbonyl (C=O) groups is 1. The molecule has 0 fully saturated rings. The maximum atomic E-state index is 13.8. The summed E-state index contributed by atoms with van der Waals surface area (Å²) in [4.78, 5) is 17.6. The van der Waals surface area contributed by atoms with E-state index in [1.165, 1.54) is 17.4 Å². The molecule has 2 N–H and O–H groups in total. The zero-order valence-corrected chi connectivity index (χ0v) is 16.8. The van der Waals surface area contributed by atoms with Crippen LogP contribution in [0.25, 0.3) is 0 Å². The van der Waals surface area contributed by atoms with Crippen LogP contribution in [-0.2, 0) is 11.4 Å². The molecule has 2 heterocycles. The average Bonchev–Trinajstić information content (AvgIpc) is 3.15. The molecule has 1 aromatic heterocycles. The van der Waals surface area contributed by atoms with Gasteiger partial charge in [-0.2, -0.15) is 0 Å². The second kappa shape index (κ2) is 8.08. The van der Waals surface area contributed by atoms with E-state index < -0.39 is 0 Å². The van der Waals surface area contributed by atoms with Crippen molar-refractivity contribution in [1.29, 1.82) is 0 Å². The number of fused-ring (bicyclic) bond motifs is 1. The second-order valence-electron chi connectivity index (χ2n) is 6.58. The van der Waals surface area contributed by atoms with E-state index in [-0.39, 0.29) is 24.2 Å². The topological polar surface area (TPSA) is 72.5 Å². The molecule has 0 saturated carbocycles. The normalized spacial score (nSPS) is 15.4. The summed E-state index contributed by atoms with van der Waals surface area (Å²) >= 11 is 1.52. The van der Waals surface area contributed by atoms with Gasteiger partial charge in [0.15, 0.2) is 16.6 Å². The Morgan fingerprint density at radius 2 is 2.10 bits per heavy atom. The number of amides is 1. The van der Waals surface area contributed by atoms with E-state index in [1.54, 1.807) is 38.4 Å². The predicted molar refractivity (Wildman–Crippen MR) is 110 cm³/mol.